The summed E-state index contributed by atoms with van der Waals surface area (Å²) in [6, 6.07) is 11.8. The topological polar surface area (TPSA) is 137 Å². The van der Waals surface area contributed by atoms with Crippen molar-refractivity contribution in [2.75, 3.05) is 7.11 Å². The third-order valence-electron chi connectivity index (χ3n) is 3.42. The molecule has 0 saturated heterocycles. The summed E-state index contributed by atoms with van der Waals surface area (Å²) in [6.45, 7) is 1.61. The summed E-state index contributed by atoms with van der Waals surface area (Å²) in [6.07, 6.45) is 1.35. The van der Waals surface area contributed by atoms with Crippen molar-refractivity contribution in [1.29, 1.82) is 15.8 Å². The van der Waals surface area contributed by atoms with Gasteiger partial charge in [0.15, 0.2) is 0 Å². The van der Waals surface area contributed by atoms with Crippen LogP contribution in [0, 0.1) is 34.0 Å². The summed E-state index contributed by atoms with van der Waals surface area (Å²) in [5.74, 6) is -1.51. The van der Waals surface area contributed by atoms with Crippen LogP contribution in [0.3, 0.4) is 0 Å². The van der Waals surface area contributed by atoms with E-state index in [-0.39, 0.29) is 22.6 Å². The molecule has 0 bridgehead atoms. The Balaban J connectivity index is 2.80. The van der Waals surface area contributed by atoms with Crippen molar-refractivity contribution in [3.63, 3.8) is 0 Å². The van der Waals surface area contributed by atoms with Crippen LogP contribution in [0.2, 0.25) is 0 Å². The van der Waals surface area contributed by atoms with Gasteiger partial charge in [0.25, 0.3) is 0 Å². The summed E-state index contributed by atoms with van der Waals surface area (Å²) < 4.78 is 10.7. The van der Waals surface area contributed by atoms with Gasteiger partial charge >= 0.3 is 5.79 Å². The monoisotopic (exact) mass is 335 g/mol. The Kier molecular flexibility index (Phi) is 4.92. The van der Waals surface area contributed by atoms with Crippen LogP contribution in [-0.2, 0) is 15.4 Å². The van der Waals surface area contributed by atoms with Gasteiger partial charge in [-0.2, -0.15) is 15.8 Å². The summed E-state index contributed by atoms with van der Waals surface area (Å²) in [4.78, 5) is 5.47. The van der Waals surface area contributed by atoms with Crippen molar-refractivity contribution in [2.24, 2.45) is 10.9 Å². The Hall–Kier alpha value is -3.96. The molecule has 1 heterocycles. The lowest BCUT2D eigenvalue weighted by Gasteiger charge is -2.28. The van der Waals surface area contributed by atoms with E-state index < -0.39 is 5.79 Å². The first kappa shape index (κ1) is 17.4. The van der Waals surface area contributed by atoms with E-state index in [1.54, 1.807) is 43.3 Å². The standard InChI is InChI=1S/C17H13N5O3/c1-3-22-25-17(12-4-6-13(23-2)7-5-12)15(11(8-18)9-19)14(10-20)16(21)24-17/h3-7H,21H2,1-2H3/b22-3-/t17-/m1/s1. The molecule has 2 N–H and O–H groups in total. The number of allylic oxidation sites excluding steroid dienone is 1. The predicted octanol–water partition coefficient (Wildman–Crippen LogP) is 1.94. The fourth-order valence-corrected chi connectivity index (χ4v) is 2.34. The number of benzene rings is 1. The Labute approximate surface area is 144 Å². The number of hydrogen-bond donors (Lipinski definition) is 1. The second-order valence-electron chi connectivity index (χ2n) is 4.73. The smallest absolute Gasteiger partial charge is 0.333 e. The molecule has 1 aliphatic rings. The summed E-state index contributed by atoms with van der Waals surface area (Å²) in [5.41, 5.74) is 5.57. The van der Waals surface area contributed by atoms with Gasteiger partial charge in [-0.3, -0.25) is 0 Å². The average molecular weight is 335 g/mol. The molecule has 0 spiro atoms. The van der Waals surface area contributed by atoms with Gasteiger partial charge in [0.05, 0.1) is 12.7 Å². The fourth-order valence-electron chi connectivity index (χ4n) is 2.34. The van der Waals surface area contributed by atoms with Gasteiger partial charge in [-0.15, -0.1) is 0 Å². The Morgan fingerprint density at radius 3 is 2.36 bits per heavy atom. The number of nitriles is 3. The molecule has 0 aromatic heterocycles. The minimum atomic E-state index is -1.82. The molecule has 0 saturated carbocycles. The van der Waals surface area contributed by atoms with E-state index in [1.807, 2.05) is 6.07 Å². The number of nitrogens with zero attached hydrogens (tertiary/aromatic N) is 4. The second-order valence-corrected chi connectivity index (χ2v) is 4.73. The van der Waals surface area contributed by atoms with Crippen LogP contribution in [0.1, 0.15) is 12.5 Å². The second kappa shape index (κ2) is 7.08. The van der Waals surface area contributed by atoms with E-state index in [0.717, 1.165) is 0 Å². The van der Waals surface area contributed by atoms with Crippen molar-refractivity contribution < 1.29 is 14.3 Å². The molecule has 1 aromatic carbocycles. The molecule has 0 amide bonds. The Morgan fingerprint density at radius 2 is 1.88 bits per heavy atom. The lowest BCUT2D eigenvalue weighted by Crippen LogP contribution is -2.31. The van der Waals surface area contributed by atoms with E-state index in [2.05, 4.69) is 5.16 Å². The lowest BCUT2D eigenvalue weighted by atomic mass is 9.90. The van der Waals surface area contributed by atoms with E-state index in [1.165, 1.54) is 13.3 Å². The summed E-state index contributed by atoms with van der Waals surface area (Å²) >= 11 is 0. The lowest BCUT2D eigenvalue weighted by molar-refractivity contribution is -0.186. The first-order chi connectivity index (χ1) is 12.1. The van der Waals surface area contributed by atoms with Crippen LogP contribution < -0.4 is 10.5 Å². The first-order valence-electron chi connectivity index (χ1n) is 7.02. The molecule has 0 unspecified atom stereocenters. The van der Waals surface area contributed by atoms with Crippen molar-refractivity contribution in [3.8, 4) is 24.0 Å². The van der Waals surface area contributed by atoms with Crippen LogP contribution >= 0.6 is 0 Å². The van der Waals surface area contributed by atoms with E-state index in [9.17, 15) is 15.8 Å². The van der Waals surface area contributed by atoms with Gasteiger partial charge in [-0.05, 0) is 31.2 Å². The minimum Gasteiger partial charge on any atom is -0.497 e. The Morgan fingerprint density at radius 1 is 1.24 bits per heavy atom. The van der Waals surface area contributed by atoms with Gasteiger partial charge in [-0.25, -0.2) is 0 Å². The molecule has 8 heteroatoms. The van der Waals surface area contributed by atoms with Crippen LogP contribution in [0.25, 0.3) is 0 Å². The first-order valence-corrected chi connectivity index (χ1v) is 7.02. The highest BCUT2D eigenvalue weighted by Crippen LogP contribution is 2.47. The number of oxime groups is 1. The third-order valence-corrected chi connectivity index (χ3v) is 3.42. The van der Waals surface area contributed by atoms with Gasteiger partial charge < -0.3 is 20.0 Å². The van der Waals surface area contributed by atoms with E-state index >= 15 is 0 Å². The van der Waals surface area contributed by atoms with Gasteiger partial charge in [0.2, 0.25) is 5.88 Å². The maximum Gasteiger partial charge on any atom is 0.333 e. The molecule has 8 nitrogen and oxygen atoms in total. The van der Waals surface area contributed by atoms with Crippen molar-refractivity contribution >= 4 is 6.21 Å². The number of ether oxygens (including phenoxy) is 2. The molecule has 1 aromatic rings. The fraction of sp³-hybridized carbons (Fsp3) is 0.176. The van der Waals surface area contributed by atoms with Gasteiger partial charge in [-0.1, -0.05) is 5.16 Å². The van der Waals surface area contributed by atoms with Crippen molar-refractivity contribution in [3.05, 3.63) is 52.4 Å². The zero-order chi connectivity index (χ0) is 18.4. The third kappa shape index (κ3) is 2.83. The number of hydrogen-bond acceptors (Lipinski definition) is 8. The summed E-state index contributed by atoms with van der Waals surface area (Å²) in [5, 5.41) is 31.7. The molecule has 0 fully saturated rings. The molecular weight excluding hydrogens is 322 g/mol. The predicted molar refractivity (Wildman–Crippen MR) is 86.1 cm³/mol. The maximum atomic E-state index is 9.40. The maximum absolute atomic E-state index is 9.40. The van der Waals surface area contributed by atoms with Crippen LogP contribution in [0.15, 0.2) is 52.0 Å². The molecule has 1 atom stereocenters. The molecular formula is C17H13N5O3. The SMILES string of the molecule is C/C=N\O[C@@]1(c2ccc(OC)cc2)OC(N)=C(C#N)C1=C(C#N)C#N. The molecule has 124 valence electrons. The average Bonchev–Trinajstić information content (AvgIpc) is 2.94. The zero-order valence-electron chi connectivity index (χ0n) is 13.5. The highest BCUT2D eigenvalue weighted by molar-refractivity contribution is 5.62. The molecule has 2 rings (SSSR count). The molecule has 1 aliphatic heterocycles. The van der Waals surface area contributed by atoms with Crippen molar-refractivity contribution in [1.82, 2.24) is 0 Å². The van der Waals surface area contributed by atoms with Crippen LogP contribution in [0.4, 0.5) is 0 Å². The normalized spacial score (nSPS) is 18.9. The number of methoxy groups -OCH3 is 1. The minimum absolute atomic E-state index is 0.0896. The summed E-state index contributed by atoms with van der Waals surface area (Å²) in [7, 11) is 1.51. The van der Waals surface area contributed by atoms with E-state index in [4.69, 9.17) is 20.0 Å². The zero-order valence-corrected chi connectivity index (χ0v) is 13.5. The van der Waals surface area contributed by atoms with Crippen molar-refractivity contribution in [2.45, 2.75) is 12.7 Å². The Bertz CT molecular complexity index is 878. The quantitative estimate of drug-likeness (QED) is 0.504. The highest BCUT2D eigenvalue weighted by Gasteiger charge is 2.52. The molecule has 0 aliphatic carbocycles. The number of rotatable bonds is 4. The van der Waals surface area contributed by atoms with Gasteiger partial charge in [0, 0.05) is 11.8 Å². The van der Waals surface area contributed by atoms with E-state index in [0.29, 0.717) is 11.3 Å². The van der Waals surface area contributed by atoms with Gasteiger partial charge in [0.1, 0.15) is 35.1 Å². The molecule has 0 radical (unpaired) electrons. The number of nitrogens with two attached hydrogens (primary N) is 1. The van der Waals surface area contributed by atoms with Crippen LogP contribution in [0.5, 0.6) is 5.75 Å². The highest BCUT2D eigenvalue weighted by atomic mass is 16.8. The molecule has 25 heavy (non-hydrogen) atoms. The van der Waals surface area contributed by atoms with Crippen LogP contribution in [-0.4, -0.2) is 13.3 Å². The largest absolute Gasteiger partial charge is 0.497 e.